The molecule has 0 fully saturated rings. The van der Waals surface area contributed by atoms with Gasteiger partial charge in [-0.1, -0.05) is 6.07 Å². The van der Waals surface area contributed by atoms with E-state index in [1.54, 1.807) is 12.1 Å². The smallest absolute Gasteiger partial charge is 0.166 e. The molecule has 2 aromatic carbocycles. The Morgan fingerprint density at radius 2 is 1.76 bits per heavy atom. The SMILES string of the molecule is Cc1ccc(N)c(Oc2cc(F)ccc2F)c1. The summed E-state index contributed by atoms with van der Waals surface area (Å²) in [5.41, 5.74) is 6.98. The van der Waals surface area contributed by atoms with Crippen LogP contribution in [0.4, 0.5) is 14.5 Å². The number of benzene rings is 2. The maximum absolute atomic E-state index is 13.4. The summed E-state index contributed by atoms with van der Waals surface area (Å²) in [6, 6.07) is 8.15. The van der Waals surface area contributed by atoms with E-state index >= 15 is 0 Å². The number of nitrogens with two attached hydrogens (primary N) is 1. The minimum atomic E-state index is -0.632. The van der Waals surface area contributed by atoms with Gasteiger partial charge in [0.25, 0.3) is 0 Å². The fourth-order valence-electron chi connectivity index (χ4n) is 1.40. The quantitative estimate of drug-likeness (QED) is 0.806. The van der Waals surface area contributed by atoms with Gasteiger partial charge in [0.05, 0.1) is 5.69 Å². The molecule has 4 heteroatoms. The van der Waals surface area contributed by atoms with Crippen LogP contribution >= 0.6 is 0 Å². The molecule has 0 aliphatic heterocycles. The molecule has 0 saturated carbocycles. The lowest BCUT2D eigenvalue weighted by Crippen LogP contribution is -1.95. The predicted octanol–water partition coefficient (Wildman–Crippen LogP) is 3.65. The van der Waals surface area contributed by atoms with Crippen molar-refractivity contribution in [3.05, 3.63) is 53.6 Å². The van der Waals surface area contributed by atoms with E-state index in [9.17, 15) is 8.78 Å². The van der Waals surface area contributed by atoms with E-state index in [4.69, 9.17) is 10.5 Å². The number of hydrogen-bond donors (Lipinski definition) is 1. The molecule has 17 heavy (non-hydrogen) atoms. The Morgan fingerprint density at radius 3 is 2.53 bits per heavy atom. The van der Waals surface area contributed by atoms with Crippen LogP contribution < -0.4 is 10.5 Å². The van der Waals surface area contributed by atoms with Crippen molar-refractivity contribution < 1.29 is 13.5 Å². The van der Waals surface area contributed by atoms with E-state index in [0.29, 0.717) is 11.4 Å². The fourth-order valence-corrected chi connectivity index (χ4v) is 1.40. The lowest BCUT2D eigenvalue weighted by atomic mass is 10.2. The highest BCUT2D eigenvalue weighted by Gasteiger charge is 2.08. The van der Waals surface area contributed by atoms with E-state index in [1.807, 2.05) is 13.0 Å². The first-order valence-corrected chi connectivity index (χ1v) is 5.05. The van der Waals surface area contributed by atoms with E-state index in [0.717, 1.165) is 23.8 Å². The first kappa shape index (κ1) is 11.4. The highest BCUT2D eigenvalue weighted by molar-refractivity contribution is 5.55. The number of ether oxygens (including phenoxy) is 1. The van der Waals surface area contributed by atoms with E-state index in [-0.39, 0.29) is 5.75 Å². The predicted molar refractivity (Wildman–Crippen MR) is 62.0 cm³/mol. The van der Waals surface area contributed by atoms with Crippen molar-refractivity contribution in [3.8, 4) is 11.5 Å². The Balaban J connectivity index is 2.37. The number of hydrogen-bond acceptors (Lipinski definition) is 2. The highest BCUT2D eigenvalue weighted by atomic mass is 19.1. The van der Waals surface area contributed by atoms with Crippen LogP contribution in [0.25, 0.3) is 0 Å². The van der Waals surface area contributed by atoms with Gasteiger partial charge in [-0.05, 0) is 36.8 Å². The maximum atomic E-state index is 13.4. The Morgan fingerprint density at radius 1 is 1.00 bits per heavy atom. The van der Waals surface area contributed by atoms with Crippen molar-refractivity contribution in [3.63, 3.8) is 0 Å². The maximum Gasteiger partial charge on any atom is 0.166 e. The van der Waals surface area contributed by atoms with Crippen molar-refractivity contribution in [1.29, 1.82) is 0 Å². The molecule has 2 N–H and O–H groups in total. The molecule has 0 radical (unpaired) electrons. The average Bonchev–Trinajstić information content (AvgIpc) is 2.28. The first-order valence-electron chi connectivity index (χ1n) is 5.05. The van der Waals surface area contributed by atoms with Crippen LogP contribution in [0, 0.1) is 18.6 Å². The monoisotopic (exact) mass is 235 g/mol. The van der Waals surface area contributed by atoms with Gasteiger partial charge >= 0.3 is 0 Å². The molecule has 0 aliphatic carbocycles. The number of halogens is 2. The summed E-state index contributed by atoms with van der Waals surface area (Å²) in [5, 5.41) is 0. The third-order valence-electron chi connectivity index (χ3n) is 2.28. The summed E-state index contributed by atoms with van der Waals surface area (Å²) >= 11 is 0. The Bertz CT molecular complexity index is 506. The van der Waals surface area contributed by atoms with Gasteiger partial charge in [0, 0.05) is 6.07 Å². The van der Waals surface area contributed by atoms with Crippen LogP contribution in [-0.2, 0) is 0 Å². The third-order valence-corrected chi connectivity index (χ3v) is 2.28. The van der Waals surface area contributed by atoms with Crippen LogP contribution in [0.3, 0.4) is 0 Å². The zero-order valence-corrected chi connectivity index (χ0v) is 9.21. The number of nitrogen functional groups attached to an aromatic ring is 1. The van der Waals surface area contributed by atoms with Gasteiger partial charge in [0.1, 0.15) is 5.82 Å². The fraction of sp³-hybridized carbons (Fsp3) is 0.0769. The lowest BCUT2D eigenvalue weighted by Gasteiger charge is -2.09. The molecule has 88 valence electrons. The molecule has 2 nitrogen and oxygen atoms in total. The van der Waals surface area contributed by atoms with Crippen molar-refractivity contribution in [2.24, 2.45) is 0 Å². The normalized spacial score (nSPS) is 10.3. The minimum Gasteiger partial charge on any atom is -0.452 e. The zero-order valence-electron chi connectivity index (χ0n) is 9.21. The molecule has 0 heterocycles. The minimum absolute atomic E-state index is 0.178. The summed E-state index contributed by atoms with van der Waals surface area (Å²) in [6.07, 6.45) is 0. The van der Waals surface area contributed by atoms with Crippen LogP contribution in [0.5, 0.6) is 11.5 Å². The topological polar surface area (TPSA) is 35.2 Å². The van der Waals surface area contributed by atoms with Crippen molar-refractivity contribution in [1.82, 2.24) is 0 Å². The molecule has 0 aromatic heterocycles. The molecule has 0 spiro atoms. The molecule has 0 saturated heterocycles. The number of aryl methyl sites for hydroxylation is 1. The molecule has 0 unspecified atom stereocenters. The number of rotatable bonds is 2. The van der Waals surface area contributed by atoms with Crippen molar-refractivity contribution in [2.45, 2.75) is 6.92 Å². The second-order valence-electron chi connectivity index (χ2n) is 3.72. The van der Waals surface area contributed by atoms with Crippen LogP contribution in [0.15, 0.2) is 36.4 Å². The van der Waals surface area contributed by atoms with Crippen LogP contribution in [-0.4, -0.2) is 0 Å². The molecule has 2 aromatic rings. The van der Waals surface area contributed by atoms with Gasteiger partial charge < -0.3 is 10.5 Å². The molecule has 0 bridgehead atoms. The second kappa shape index (κ2) is 4.41. The summed E-state index contributed by atoms with van der Waals surface area (Å²) in [7, 11) is 0. The first-order chi connectivity index (χ1) is 8.06. The second-order valence-corrected chi connectivity index (χ2v) is 3.72. The molecular weight excluding hydrogens is 224 g/mol. The summed E-state index contributed by atoms with van der Waals surface area (Å²) in [5.74, 6) is -1.06. The zero-order chi connectivity index (χ0) is 12.4. The Hall–Kier alpha value is -2.10. The highest BCUT2D eigenvalue weighted by Crippen LogP contribution is 2.30. The van der Waals surface area contributed by atoms with Crippen molar-refractivity contribution in [2.75, 3.05) is 5.73 Å². The van der Waals surface area contributed by atoms with E-state index in [1.165, 1.54) is 0 Å². The number of anilines is 1. The summed E-state index contributed by atoms with van der Waals surface area (Å²) < 4.78 is 31.6. The molecule has 0 amide bonds. The van der Waals surface area contributed by atoms with Gasteiger partial charge in [0.15, 0.2) is 17.3 Å². The standard InChI is InChI=1S/C13H11F2NO/c1-8-2-5-11(16)13(6-8)17-12-7-9(14)3-4-10(12)15/h2-7H,16H2,1H3. The van der Waals surface area contributed by atoms with Gasteiger partial charge in [-0.15, -0.1) is 0 Å². The van der Waals surface area contributed by atoms with Crippen molar-refractivity contribution >= 4 is 5.69 Å². The van der Waals surface area contributed by atoms with Gasteiger partial charge in [-0.2, -0.15) is 0 Å². The van der Waals surface area contributed by atoms with E-state index in [2.05, 4.69) is 0 Å². The Kier molecular flexibility index (Phi) is 2.95. The third kappa shape index (κ3) is 2.53. The molecular formula is C13H11F2NO. The van der Waals surface area contributed by atoms with E-state index < -0.39 is 11.6 Å². The van der Waals surface area contributed by atoms with Gasteiger partial charge in [0.2, 0.25) is 0 Å². The summed E-state index contributed by atoms with van der Waals surface area (Å²) in [4.78, 5) is 0. The largest absolute Gasteiger partial charge is 0.452 e. The lowest BCUT2D eigenvalue weighted by molar-refractivity contribution is 0.438. The van der Waals surface area contributed by atoms with Gasteiger partial charge in [-0.3, -0.25) is 0 Å². The molecule has 0 atom stereocenters. The average molecular weight is 235 g/mol. The summed E-state index contributed by atoms with van der Waals surface area (Å²) in [6.45, 7) is 1.86. The molecule has 0 aliphatic rings. The Labute approximate surface area is 97.6 Å². The van der Waals surface area contributed by atoms with Gasteiger partial charge in [-0.25, -0.2) is 8.78 Å². The van der Waals surface area contributed by atoms with Crippen LogP contribution in [0.2, 0.25) is 0 Å². The molecule has 2 rings (SSSR count). The van der Waals surface area contributed by atoms with Crippen LogP contribution in [0.1, 0.15) is 5.56 Å².